The van der Waals surface area contributed by atoms with Gasteiger partial charge in [0.2, 0.25) is 5.91 Å². The number of aryl methyl sites for hydroxylation is 4. The number of benzene rings is 1. The molecule has 2 heterocycles. The Morgan fingerprint density at radius 1 is 1.25 bits per heavy atom. The van der Waals surface area contributed by atoms with Gasteiger partial charge in [-0.25, -0.2) is 4.98 Å². The van der Waals surface area contributed by atoms with Gasteiger partial charge in [0.15, 0.2) is 5.13 Å². The van der Waals surface area contributed by atoms with E-state index in [0.717, 1.165) is 22.5 Å². The van der Waals surface area contributed by atoms with Gasteiger partial charge in [-0.1, -0.05) is 28.9 Å². The summed E-state index contributed by atoms with van der Waals surface area (Å²) in [5.74, 6) is 0.559. The van der Waals surface area contributed by atoms with Gasteiger partial charge < -0.3 is 9.84 Å². The minimum Gasteiger partial charge on any atom is -0.361 e. The van der Waals surface area contributed by atoms with Crippen LogP contribution in [0.15, 0.2) is 28.1 Å². The van der Waals surface area contributed by atoms with Crippen molar-refractivity contribution in [2.45, 2.75) is 34.1 Å². The fraction of sp³-hybridized carbons (Fsp3) is 0.278. The first kappa shape index (κ1) is 16.4. The smallest absolute Gasteiger partial charge is 0.230 e. The second-order valence-electron chi connectivity index (χ2n) is 5.88. The molecule has 5 nitrogen and oxygen atoms in total. The Labute approximate surface area is 144 Å². The van der Waals surface area contributed by atoms with Crippen LogP contribution in [-0.4, -0.2) is 16.0 Å². The van der Waals surface area contributed by atoms with E-state index >= 15 is 0 Å². The van der Waals surface area contributed by atoms with E-state index in [4.69, 9.17) is 4.52 Å². The van der Waals surface area contributed by atoms with E-state index in [0.29, 0.717) is 10.9 Å². The van der Waals surface area contributed by atoms with Crippen LogP contribution in [0.25, 0.3) is 11.3 Å². The lowest BCUT2D eigenvalue weighted by atomic mass is 10.0. The average Bonchev–Trinajstić information content (AvgIpc) is 3.09. The Bertz CT molecular complexity index is 876. The van der Waals surface area contributed by atoms with E-state index < -0.39 is 0 Å². The summed E-state index contributed by atoms with van der Waals surface area (Å²) < 4.78 is 5.09. The van der Waals surface area contributed by atoms with E-state index in [-0.39, 0.29) is 12.3 Å². The summed E-state index contributed by atoms with van der Waals surface area (Å²) in [5.41, 5.74) is 5.94. The van der Waals surface area contributed by atoms with E-state index in [9.17, 15) is 4.79 Å². The van der Waals surface area contributed by atoms with Crippen molar-refractivity contribution in [3.05, 3.63) is 51.7 Å². The minimum absolute atomic E-state index is 0.120. The summed E-state index contributed by atoms with van der Waals surface area (Å²) in [5, 5.41) is 9.28. The first-order chi connectivity index (χ1) is 11.4. The quantitative estimate of drug-likeness (QED) is 0.772. The second kappa shape index (κ2) is 6.57. The number of nitrogens with zero attached hydrogens (tertiary/aromatic N) is 2. The van der Waals surface area contributed by atoms with Gasteiger partial charge in [-0.15, -0.1) is 11.3 Å². The van der Waals surface area contributed by atoms with E-state index in [2.05, 4.69) is 47.5 Å². The molecule has 0 aliphatic carbocycles. The Morgan fingerprint density at radius 2 is 2.04 bits per heavy atom. The molecule has 0 saturated carbocycles. The number of nitrogens with one attached hydrogen (secondary N) is 1. The molecular weight excluding hydrogens is 322 g/mol. The Balaban J connectivity index is 1.73. The third-order valence-electron chi connectivity index (χ3n) is 3.93. The van der Waals surface area contributed by atoms with Gasteiger partial charge in [0.25, 0.3) is 0 Å². The van der Waals surface area contributed by atoms with E-state index in [1.807, 2.05) is 19.2 Å². The molecule has 0 saturated heterocycles. The number of hydrogen-bond acceptors (Lipinski definition) is 5. The van der Waals surface area contributed by atoms with Crippen molar-refractivity contribution in [2.75, 3.05) is 5.32 Å². The van der Waals surface area contributed by atoms with Crippen molar-refractivity contribution in [1.82, 2.24) is 10.1 Å². The van der Waals surface area contributed by atoms with Crippen LogP contribution in [0.2, 0.25) is 0 Å². The SMILES string of the molecule is Cc1ccc(-c2csc(NC(=O)Cc3c(C)noc3C)n2)c(C)c1. The van der Waals surface area contributed by atoms with Crippen molar-refractivity contribution < 1.29 is 9.32 Å². The average molecular weight is 341 g/mol. The highest BCUT2D eigenvalue weighted by molar-refractivity contribution is 7.14. The monoisotopic (exact) mass is 341 g/mol. The standard InChI is InChI=1S/C18H19N3O2S/c1-10-5-6-14(11(2)7-10)16-9-24-18(19-16)20-17(22)8-15-12(3)21-23-13(15)4/h5-7,9H,8H2,1-4H3,(H,19,20,22). The number of amides is 1. The topological polar surface area (TPSA) is 68.0 Å². The van der Waals surface area contributed by atoms with Crippen molar-refractivity contribution in [2.24, 2.45) is 0 Å². The molecule has 3 aromatic rings. The summed E-state index contributed by atoms with van der Waals surface area (Å²) in [4.78, 5) is 16.8. The van der Waals surface area contributed by atoms with Crippen molar-refractivity contribution in [3.8, 4) is 11.3 Å². The van der Waals surface area contributed by atoms with Crippen molar-refractivity contribution >= 4 is 22.4 Å². The van der Waals surface area contributed by atoms with E-state index in [1.54, 1.807) is 0 Å². The van der Waals surface area contributed by atoms with Crippen LogP contribution in [0.3, 0.4) is 0 Å². The molecule has 3 rings (SSSR count). The zero-order chi connectivity index (χ0) is 17.3. The summed E-state index contributed by atoms with van der Waals surface area (Å²) in [6, 6.07) is 6.26. The maximum absolute atomic E-state index is 12.2. The zero-order valence-electron chi connectivity index (χ0n) is 14.1. The first-order valence-electron chi connectivity index (χ1n) is 7.69. The molecule has 0 bridgehead atoms. The van der Waals surface area contributed by atoms with Crippen molar-refractivity contribution in [3.63, 3.8) is 0 Å². The molecule has 0 unspecified atom stereocenters. The van der Waals surface area contributed by atoms with Gasteiger partial charge in [0, 0.05) is 16.5 Å². The normalized spacial score (nSPS) is 10.8. The molecule has 0 radical (unpaired) electrons. The number of aromatic nitrogens is 2. The number of carbonyl (C=O) groups is 1. The fourth-order valence-corrected chi connectivity index (χ4v) is 3.36. The highest BCUT2D eigenvalue weighted by atomic mass is 32.1. The fourth-order valence-electron chi connectivity index (χ4n) is 2.63. The number of thiazole rings is 1. The predicted molar refractivity (Wildman–Crippen MR) is 95.3 cm³/mol. The molecule has 0 fully saturated rings. The molecule has 124 valence electrons. The summed E-state index contributed by atoms with van der Waals surface area (Å²) in [6.07, 6.45) is 0.236. The predicted octanol–water partition coefficient (Wildman–Crippen LogP) is 4.21. The van der Waals surface area contributed by atoms with E-state index in [1.165, 1.54) is 22.5 Å². The van der Waals surface area contributed by atoms with Gasteiger partial charge in [0.05, 0.1) is 17.8 Å². The lowest BCUT2D eigenvalue weighted by Gasteiger charge is -2.04. The lowest BCUT2D eigenvalue weighted by molar-refractivity contribution is -0.115. The highest BCUT2D eigenvalue weighted by Gasteiger charge is 2.15. The minimum atomic E-state index is -0.120. The van der Waals surface area contributed by atoms with Crippen LogP contribution in [0.4, 0.5) is 5.13 Å². The molecule has 0 aliphatic rings. The molecule has 0 spiro atoms. The molecule has 24 heavy (non-hydrogen) atoms. The second-order valence-corrected chi connectivity index (χ2v) is 6.74. The van der Waals surface area contributed by atoms with Gasteiger partial charge in [-0.05, 0) is 33.3 Å². The Morgan fingerprint density at radius 3 is 2.71 bits per heavy atom. The third kappa shape index (κ3) is 3.38. The maximum atomic E-state index is 12.2. The van der Waals surface area contributed by atoms with Crippen LogP contribution >= 0.6 is 11.3 Å². The molecule has 0 atom stereocenters. The van der Waals surface area contributed by atoms with Crippen molar-refractivity contribution in [1.29, 1.82) is 0 Å². The highest BCUT2D eigenvalue weighted by Crippen LogP contribution is 2.28. The third-order valence-corrected chi connectivity index (χ3v) is 4.68. The molecular formula is C18H19N3O2S. The number of carbonyl (C=O) groups excluding carboxylic acids is 1. The number of hydrogen-bond donors (Lipinski definition) is 1. The van der Waals surface area contributed by atoms with Gasteiger partial charge >= 0.3 is 0 Å². The lowest BCUT2D eigenvalue weighted by Crippen LogP contribution is -2.15. The first-order valence-corrected chi connectivity index (χ1v) is 8.56. The maximum Gasteiger partial charge on any atom is 0.230 e. The number of anilines is 1. The van der Waals surface area contributed by atoms with Crippen LogP contribution < -0.4 is 5.32 Å². The summed E-state index contributed by atoms with van der Waals surface area (Å²) >= 11 is 1.42. The van der Waals surface area contributed by atoms with Crippen LogP contribution in [0, 0.1) is 27.7 Å². The van der Waals surface area contributed by atoms with Crippen LogP contribution in [-0.2, 0) is 11.2 Å². The molecule has 1 amide bonds. The van der Waals surface area contributed by atoms with Gasteiger partial charge in [-0.2, -0.15) is 0 Å². The van der Waals surface area contributed by atoms with Crippen LogP contribution in [0.5, 0.6) is 0 Å². The van der Waals surface area contributed by atoms with Gasteiger partial charge in [-0.3, -0.25) is 4.79 Å². The zero-order valence-corrected chi connectivity index (χ0v) is 15.0. The molecule has 1 N–H and O–H groups in total. The van der Waals surface area contributed by atoms with Gasteiger partial charge in [0.1, 0.15) is 5.76 Å². The number of rotatable bonds is 4. The largest absolute Gasteiger partial charge is 0.361 e. The summed E-state index contributed by atoms with van der Waals surface area (Å²) in [7, 11) is 0. The molecule has 0 aliphatic heterocycles. The summed E-state index contributed by atoms with van der Waals surface area (Å²) in [6.45, 7) is 7.78. The Kier molecular flexibility index (Phi) is 4.49. The Hall–Kier alpha value is -2.47. The molecule has 2 aromatic heterocycles. The van der Waals surface area contributed by atoms with Crippen LogP contribution in [0.1, 0.15) is 28.1 Å². The molecule has 1 aromatic carbocycles. The molecule has 6 heteroatoms.